The number of rotatable bonds is 6. The number of anilines is 1. The lowest BCUT2D eigenvalue weighted by molar-refractivity contribution is -0.990. The Labute approximate surface area is 181 Å². The monoisotopic (exact) mass is 450 g/mol. The van der Waals surface area contributed by atoms with Crippen LogP contribution in [-0.4, -0.2) is 34.5 Å². The van der Waals surface area contributed by atoms with Crippen molar-refractivity contribution < 1.29 is 24.8 Å². The van der Waals surface area contributed by atoms with E-state index in [4.69, 9.17) is 16.3 Å². The average molecular weight is 451 g/mol. The fraction of sp³-hybridized carbons (Fsp3) is 0.211. The molecule has 1 aliphatic heterocycles. The van der Waals surface area contributed by atoms with Crippen LogP contribution in [0.4, 0.5) is 17.1 Å². The van der Waals surface area contributed by atoms with E-state index < -0.39 is 16.4 Å². The molecule has 2 aromatic carbocycles. The number of carbonyl (C=O) groups excluding carboxylic acids is 2. The van der Waals surface area contributed by atoms with Gasteiger partial charge >= 0.3 is 0 Å². The van der Waals surface area contributed by atoms with Gasteiger partial charge in [-0.25, -0.2) is 10.2 Å². The van der Waals surface area contributed by atoms with Gasteiger partial charge in [-0.1, -0.05) is 23.4 Å². The van der Waals surface area contributed by atoms with E-state index in [9.17, 15) is 20.0 Å². The number of aryl methyl sites for hydroxylation is 1. The van der Waals surface area contributed by atoms with Crippen molar-refractivity contribution in [1.29, 1.82) is 0 Å². The molecule has 2 unspecified atom stereocenters. The minimum Gasteiger partial charge on any atom is -0.595 e. The van der Waals surface area contributed by atoms with Gasteiger partial charge in [0.15, 0.2) is 10.9 Å². The Balaban J connectivity index is 1.68. The first-order valence-corrected chi connectivity index (χ1v) is 10.1. The predicted molar refractivity (Wildman–Crippen MR) is 115 cm³/mol. The Bertz CT molecular complexity index is 1010. The highest BCUT2D eigenvalue weighted by atomic mass is 35.5. The van der Waals surface area contributed by atoms with Crippen LogP contribution < -0.4 is 20.6 Å². The highest BCUT2D eigenvalue weighted by molar-refractivity contribution is 8.15. The summed E-state index contributed by atoms with van der Waals surface area (Å²) in [4.78, 5) is 29.1. The van der Waals surface area contributed by atoms with Crippen molar-refractivity contribution in [2.75, 3.05) is 12.4 Å². The van der Waals surface area contributed by atoms with Gasteiger partial charge in [0.1, 0.15) is 16.7 Å². The number of benzene rings is 2. The number of halogens is 1. The maximum atomic E-state index is 12.4. The normalized spacial score (nSPS) is 18.2. The summed E-state index contributed by atoms with van der Waals surface area (Å²) in [6.07, 6.45) is -0.139. The average Bonchev–Trinajstić information content (AvgIpc) is 3.03. The maximum Gasteiger partial charge on any atom is 0.240 e. The summed E-state index contributed by atoms with van der Waals surface area (Å²) in [6, 6.07) is 9.51. The number of methoxy groups -OCH3 is 1. The molecular weight excluding hydrogens is 432 g/mol. The van der Waals surface area contributed by atoms with E-state index in [1.54, 1.807) is 18.2 Å². The molecule has 3 rings (SSSR count). The van der Waals surface area contributed by atoms with Crippen LogP contribution in [0.1, 0.15) is 12.0 Å². The minimum atomic E-state index is -1.20. The molecule has 1 aliphatic rings. The summed E-state index contributed by atoms with van der Waals surface area (Å²) >= 11 is 7.08. The fourth-order valence-corrected chi connectivity index (χ4v) is 3.96. The molecule has 30 heavy (non-hydrogen) atoms. The number of amidine groups is 1. The number of hydrogen-bond acceptors (Lipinski definition) is 7. The Morgan fingerprint density at radius 3 is 2.83 bits per heavy atom. The molecule has 0 radical (unpaired) electrons. The molecular formula is C19H19ClN4O5S. The van der Waals surface area contributed by atoms with Crippen molar-refractivity contribution in [3.63, 3.8) is 0 Å². The molecule has 1 saturated heterocycles. The number of amides is 2. The van der Waals surface area contributed by atoms with Crippen molar-refractivity contribution in [2.45, 2.75) is 18.6 Å². The summed E-state index contributed by atoms with van der Waals surface area (Å²) in [5, 5.41) is 25.1. The number of thioether (sulfide) groups is 1. The third-order valence-electron chi connectivity index (χ3n) is 4.26. The van der Waals surface area contributed by atoms with Gasteiger partial charge < -0.3 is 20.6 Å². The molecule has 0 aromatic heterocycles. The van der Waals surface area contributed by atoms with Gasteiger partial charge in [-0.15, -0.1) is 0 Å². The molecule has 0 spiro atoms. The Morgan fingerprint density at radius 1 is 1.40 bits per heavy atom. The summed E-state index contributed by atoms with van der Waals surface area (Å²) < 4.78 is 5.01. The first kappa shape index (κ1) is 22.1. The zero-order valence-electron chi connectivity index (χ0n) is 16.1. The molecule has 0 bridgehead atoms. The van der Waals surface area contributed by atoms with E-state index in [0.29, 0.717) is 21.6 Å². The van der Waals surface area contributed by atoms with Crippen LogP contribution in [0.15, 0.2) is 41.4 Å². The van der Waals surface area contributed by atoms with Crippen LogP contribution in [0, 0.1) is 12.1 Å². The lowest BCUT2D eigenvalue weighted by Crippen LogP contribution is -2.99. The summed E-state index contributed by atoms with van der Waals surface area (Å²) in [5.41, 5.74) is 1.54. The van der Waals surface area contributed by atoms with Crippen molar-refractivity contribution >= 4 is 57.4 Å². The largest absolute Gasteiger partial charge is 0.595 e. The van der Waals surface area contributed by atoms with E-state index >= 15 is 0 Å². The van der Waals surface area contributed by atoms with Crippen LogP contribution in [-0.2, 0) is 9.59 Å². The first-order chi connectivity index (χ1) is 14.3. The second-order valence-electron chi connectivity index (χ2n) is 6.41. The molecule has 11 heteroatoms. The zero-order valence-corrected chi connectivity index (χ0v) is 17.6. The maximum absolute atomic E-state index is 12.4. The molecule has 2 amide bonds. The van der Waals surface area contributed by atoms with Crippen LogP contribution in [0.2, 0.25) is 5.02 Å². The summed E-state index contributed by atoms with van der Waals surface area (Å²) in [6.45, 7) is 1.85. The molecule has 0 saturated carbocycles. The smallest absolute Gasteiger partial charge is 0.240 e. The Morgan fingerprint density at radius 2 is 2.17 bits per heavy atom. The van der Waals surface area contributed by atoms with Gasteiger partial charge in [0.25, 0.3) is 0 Å². The SMILES string of the molecule is COc1ccc(NC(=O)CC2SC(=Nc3ccc(Cl)cc3C)NC2=O)c([NH+]([O-])O)c1. The first-order valence-electron chi connectivity index (χ1n) is 8.80. The lowest BCUT2D eigenvalue weighted by atomic mass is 10.2. The second kappa shape index (κ2) is 9.45. The van der Waals surface area contributed by atoms with Crippen molar-refractivity contribution in [1.82, 2.24) is 5.32 Å². The molecule has 2 aromatic rings. The highest BCUT2D eigenvalue weighted by Gasteiger charge is 2.32. The molecule has 1 heterocycles. The molecule has 9 nitrogen and oxygen atoms in total. The van der Waals surface area contributed by atoms with E-state index in [1.165, 1.54) is 25.3 Å². The number of ether oxygens (including phenoxy) is 1. The number of hydrogen-bond donors (Lipinski definition) is 4. The Kier molecular flexibility index (Phi) is 6.95. The van der Waals surface area contributed by atoms with Crippen molar-refractivity contribution in [3.8, 4) is 5.75 Å². The fourth-order valence-electron chi connectivity index (χ4n) is 2.75. The van der Waals surface area contributed by atoms with Crippen LogP contribution in [0.3, 0.4) is 0 Å². The number of nitrogens with zero attached hydrogens (tertiary/aromatic N) is 1. The van der Waals surface area contributed by atoms with Crippen molar-refractivity contribution in [2.24, 2.45) is 4.99 Å². The van der Waals surface area contributed by atoms with Crippen LogP contribution in [0.5, 0.6) is 5.75 Å². The number of aliphatic imine (C=N–C) groups is 1. The lowest BCUT2D eigenvalue weighted by Gasteiger charge is -2.17. The van der Waals surface area contributed by atoms with E-state index in [1.807, 2.05) is 6.92 Å². The number of quaternary nitrogens is 1. The minimum absolute atomic E-state index is 0.105. The third kappa shape index (κ3) is 5.29. The van der Waals surface area contributed by atoms with E-state index in [2.05, 4.69) is 15.6 Å². The molecule has 4 N–H and O–H groups in total. The number of nitrogens with one attached hydrogen (secondary N) is 3. The molecule has 0 aliphatic carbocycles. The third-order valence-corrected chi connectivity index (χ3v) is 5.58. The highest BCUT2D eigenvalue weighted by Crippen LogP contribution is 2.29. The molecule has 2 atom stereocenters. The quantitative estimate of drug-likeness (QED) is 0.500. The van der Waals surface area contributed by atoms with Gasteiger partial charge in [-0.2, -0.15) is 5.23 Å². The molecule has 1 fully saturated rings. The molecule has 158 valence electrons. The zero-order chi connectivity index (χ0) is 21.8. The van der Waals surface area contributed by atoms with Gasteiger partial charge in [0.2, 0.25) is 11.8 Å². The second-order valence-corrected chi connectivity index (χ2v) is 8.04. The van der Waals surface area contributed by atoms with Gasteiger partial charge in [0, 0.05) is 17.5 Å². The van der Waals surface area contributed by atoms with Crippen LogP contribution >= 0.6 is 23.4 Å². The van der Waals surface area contributed by atoms with Crippen LogP contribution in [0.25, 0.3) is 0 Å². The Hall–Kier alpha value is -2.63. The van der Waals surface area contributed by atoms with E-state index in [-0.39, 0.29) is 23.7 Å². The van der Waals surface area contributed by atoms with Gasteiger partial charge in [-0.05, 0) is 42.8 Å². The standard InChI is InChI=1S/C19H19ClN4O5S/c1-10-7-11(20)3-5-13(10)22-19-23-18(26)16(30-19)9-17(25)21-14-6-4-12(29-2)8-15(14)24(27)28/h3-8,16,24,27H,9H2,1-2H3,(H,21,25)(H,22,23,26). The van der Waals surface area contributed by atoms with Gasteiger partial charge in [0.05, 0.1) is 12.8 Å². The predicted octanol–water partition coefficient (Wildman–Crippen LogP) is 2.31. The number of carbonyl (C=O) groups is 2. The topological polar surface area (TPSA) is 128 Å². The van der Waals surface area contributed by atoms with E-state index in [0.717, 1.165) is 17.3 Å². The summed E-state index contributed by atoms with van der Waals surface area (Å²) in [7, 11) is 1.42. The van der Waals surface area contributed by atoms with Gasteiger partial charge in [-0.3, -0.25) is 9.59 Å². The summed E-state index contributed by atoms with van der Waals surface area (Å²) in [5.74, 6) is -0.470. The van der Waals surface area contributed by atoms with Crippen molar-refractivity contribution in [3.05, 3.63) is 52.2 Å².